The van der Waals surface area contributed by atoms with Crippen LogP contribution in [-0.4, -0.2) is 16.1 Å². The molecule has 16 heavy (non-hydrogen) atoms. The zero-order valence-corrected chi connectivity index (χ0v) is 10.4. The maximum atomic E-state index is 11.7. The third-order valence-corrected chi connectivity index (χ3v) is 2.72. The predicted molar refractivity (Wildman–Crippen MR) is 70.1 cm³/mol. The fraction of sp³-hybridized carbons (Fsp3) is 0. The van der Waals surface area contributed by atoms with Gasteiger partial charge in [0.25, 0.3) is 5.91 Å². The van der Waals surface area contributed by atoms with E-state index in [0.717, 1.165) is 9.26 Å². The summed E-state index contributed by atoms with van der Waals surface area (Å²) in [7, 11) is 0. The molecule has 0 spiro atoms. The van der Waals surface area contributed by atoms with Crippen molar-refractivity contribution in [3.63, 3.8) is 0 Å². The van der Waals surface area contributed by atoms with Gasteiger partial charge < -0.3 is 11.1 Å². The molecule has 82 valence electrons. The Morgan fingerprint density at radius 3 is 2.62 bits per heavy atom. The molecule has 0 saturated heterocycles. The summed E-state index contributed by atoms with van der Waals surface area (Å²) in [5.41, 5.74) is 6.90. The smallest absolute Gasteiger partial charge is 0.275 e. The van der Waals surface area contributed by atoms with Gasteiger partial charge in [-0.25, -0.2) is 0 Å². The summed E-state index contributed by atoms with van der Waals surface area (Å²) < 4.78 is 1.11. The number of carbonyl (C=O) groups excluding carboxylic acids is 1. The molecule has 0 atom stereocenters. The minimum absolute atomic E-state index is 0.276. The second-order valence-corrected chi connectivity index (χ2v) is 4.41. The van der Waals surface area contributed by atoms with Crippen molar-refractivity contribution >= 4 is 39.9 Å². The van der Waals surface area contributed by atoms with Crippen LogP contribution in [0.25, 0.3) is 0 Å². The molecular weight excluding hydrogens is 319 g/mol. The molecule has 0 saturated carbocycles. The van der Waals surface area contributed by atoms with Crippen LogP contribution < -0.4 is 11.1 Å². The molecule has 5 nitrogen and oxygen atoms in total. The van der Waals surface area contributed by atoms with Crippen LogP contribution in [0.15, 0.2) is 30.5 Å². The highest BCUT2D eigenvalue weighted by molar-refractivity contribution is 14.1. The standard InChI is InChI=1S/C10H9IN4O/c11-6-1-3-7(4-2-6)14-10(16)9-8(12)5-13-15-9/h1-5H,12H2,(H,13,15)(H,14,16). The Morgan fingerprint density at radius 2 is 2.06 bits per heavy atom. The van der Waals surface area contributed by atoms with Crippen molar-refractivity contribution in [2.45, 2.75) is 0 Å². The van der Waals surface area contributed by atoms with Gasteiger partial charge in [0.2, 0.25) is 0 Å². The highest BCUT2D eigenvalue weighted by atomic mass is 127. The molecule has 2 aromatic rings. The third-order valence-electron chi connectivity index (χ3n) is 2.00. The highest BCUT2D eigenvalue weighted by Crippen LogP contribution is 2.13. The number of nitrogen functional groups attached to an aromatic ring is 1. The van der Waals surface area contributed by atoms with Crippen molar-refractivity contribution in [3.8, 4) is 0 Å². The van der Waals surface area contributed by atoms with E-state index < -0.39 is 0 Å². The van der Waals surface area contributed by atoms with Crippen molar-refractivity contribution < 1.29 is 4.79 Å². The predicted octanol–water partition coefficient (Wildman–Crippen LogP) is 1.85. The van der Waals surface area contributed by atoms with Gasteiger partial charge in [-0.3, -0.25) is 9.89 Å². The van der Waals surface area contributed by atoms with Gasteiger partial charge in [-0.2, -0.15) is 5.10 Å². The van der Waals surface area contributed by atoms with Gasteiger partial charge in [0.15, 0.2) is 0 Å². The lowest BCUT2D eigenvalue weighted by atomic mass is 10.3. The van der Waals surface area contributed by atoms with Crippen LogP contribution in [0.2, 0.25) is 0 Å². The Balaban J connectivity index is 2.14. The van der Waals surface area contributed by atoms with Crippen LogP contribution in [-0.2, 0) is 0 Å². The monoisotopic (exact) mass is 328 g/mol. The van der Waals surface area contributed by atoms with Gasteiger partial charge in [0.05, 0.1) is 11.9 Å². The zero-order valence-electron chi connectivity index (χ0n) is 8.20. The maximum absolute atomic E-state index is 11.7. The molecule has 1 aromatic heterocycles. The normalized spacial score (nSPS) is 10.1. The summed E-state index contributed by atoms with van der Waals surface area (Å²) in [6.45, 7) is 0. The molecule has 1 aromatic carbocycles. The minimum Gasteiger partial charge on any atom is -0.396 e. The van der Waals surface area contributed by atoms with E-state index >= 15 is 0 Å². The SMILES string of the molecule is Nc1cn[nH]c1C(=O)Nc1ccc(I)cc1. The van der Waals surface area contributed by atoms with E-state index in [0.29, 0.717) is 5.69 Å². The number of H-pyrrole nitrogens is 1. The van der Waals surface area contributed by atoms with E-state index in [1.165, 1.54) is 6.20 Å². The Hall–Kier alpha value is -1.57. The molecule has 0 aliphatic heterocycles. The van der Waals surface area contributed by atoms with Crippen LogP contribution in [0, 0.1) is 3.57 Å². The van der Waals surface area contributed by atoms with Crippen molar-refractivity contribution in [2.75, 3.05) is 11.1 Å². The number of aromatic amines is 1. The van der Waals surface area contributed by atoms with Gasteiger partial charge in [-0.05, 0) is 46.9 Å². The van der Waals surface area contributed by atoms with E-state index in [9.17, 15) is 4.79 Å². The van der Waals surface area contributed by atoms with Crippen LogP contribution in [0.1, 0.15) is 10.5 Å². The number of amides is 1. The molecule has 0 unspecified atom stereocenters. The van der Waals surface area contributed by atoms with Gasteiger partial charge in [0.1, 0.15) is 5.69 Å². The number of aromatic nitrogens is 2. The quantitative estimate of drug-likeness (QED) is 0.736. The lowest BCUT2D eigenvalue weighted by Crippen LogP contribution is -2.14. The van der Waals surface area contributed by atoms with Crippen LogP contribution in [0.5, 0.6) is 0 Å². The summed E-state index contributed by atoms with van der Waals surface area (Å²) >= 11 is 2.20. The zero-order chi connectivity index (χ0) is 11.5. The highest BCUT2D eigenvalue weighted by Gasteiger charge is 2.11. The Kier molecular flexibility index (Phi) is 3.09. The summed E-state index contributed by atoms with van der Waals surface area (Å²) in [4.78, 5) is 11.7. The average molecular weight is 328 g/mol. The van der Waals surface area contributed by atoms with Gasteiger partial charge in [0, 0.05) is 9.26 Å². The van der Waals surface area contributed by atoms with Crippen LogP contribution in [0.3, 0.4) is 0 Å². The molecule has 0 aliphatic rings. The Morgan fingerprint density at radius 1 is 1.38 bits per heavy atom. The number of nitrogens with zero attached hydrogens (tertiary/aromatic N) is 1. The number of carbonyl (C=O) groups is 1. The molecule has 2 rings (SSSR count). The van der Waals surface area contributed by atoms with E-state index in [1.54, 1.807) is 0 Å². The fourth-order valence-electron chi connectivity index (χ4n) is 1.20. The molecule has 0 bridgehead atoms. The van der Waals surface area contributed by atoms with Crippen LogP contribution in [0.4, 0.5) is 11.4 Å². The van der Waals surface area contributed by atoms with Gasteiger partial charge >= 0.3 is 0 Å². The van der Waals surface area contributed by atoms with Crippen molar-refractivity contribution in [3.05, 3.63) is 39.7 Å². The number of halogens is 1. The van der Waals surface area contributed by atoms with Crippen molar-refractivity contribution in [1.29, 1.82) is 0 Å². The number of anilines is 2. The fourth-order valence-corrected chi connectivity index (χ4v) is 1.56. The van der Waals surface area contributed by atoms with E-state index in [2.05, 4.69) is 38.1 Å². The van der Waals surface area contributed by atoms with Crippen molar-refractivity contribution in [1.82, 2.24) is 10.2 Å². The molecule has 4 N–H and O–H groups in total. The Bertz CT molecular complexity index is 506. The summed E-state index contributed by atoms with van der Waals surface area (Å²) in [5.74, 6) is -0.295. The summed E-state index contributed by atoms with van der Waals surface area (Å²) in [6.07, 6.45) is 1.41. The molecule has 1 heterocycles. The molecule has 0 fully saturated rings. The lowest BCUT2D eigenvalue weighted by molar-refractivity contribution is 0.102. The first kappa shape index (κ1) is 10.9. The van der Waals surface area contributed by atoms with E-state index in [1.807, 2.05) is 24.3 Å². The lowest BCUT2D eigenvalue weighted by Gasteiger charge is -2.03. The van der Waals surface area contributed by atoms with Crippen molar-refractivity contribution in [2.24, 2.45) is 0 Å². The number of hydrogen-bond acceptors (Lipinski definition) is 3. The molecule has 6 heteroatoms. The first-order valence-corrected chi connectivity index (χ1v) is 5.60. The summed E-state index contributed by atoms with van der Waals surface area (Å²) in [6, 6.07) is 7.47. The topological polar surface area (TPSA) is 83.8 Å². The maximum Gasteiger partial charge on any atom is 0.275 e. The Labute approximate surface area is 106 Å². The number of rotatable bonds is 2. The number of benzene rings is 1. The summed E-state index contributed by atoms with van der Waals surface area (Å²) in [5, 5.41) is 8.95. The molecule has 0 radical (unpaired) electrons. The van der Waals surface area contributed by atoms with Gasteiger partial charge in [-0.1, -0.05) is 0 Å². The molecular formula is C10H9IN4O. The first-order chi connectivity index (χ1) is 7.66. The second-order valence-electron chi connectivity index (χ2n) is 3.16. The van der Waals surface area contributed by atoms with Gasteiger partial charge in [-0.15, -0.1) is 0 Å². The van der Waals surface area contributed by atoms with Crippen LogP contribution >= 0.6 is 22.6 Å². The van der Waals surface area contributed by atoms with E-state index in [4.69, 9.17) is 5.73 Å². The number of nitrogens with two attached hydrogens (primary N) is 1. The number of hydrogen-bond donors (Lipinski definition) is 3. The molecule has 1 amide bonds. The largest absolute Gasteiger partial charge is 0.396 e. The second kappa shape index (κ2) is 4.52. The first-order valence-electron chi connectivity index (χ1n) is 4.52. The van der Waals surface area contributed by atoms with E-state index in [-0.39, 0.29) is 11.6 Å². The third kappa shape index (κ3) is 2.32. The average Bonchev–Trinajstić information content (AvgIpc) is 2.68. The minimum atomic E-state index is -0.295. The number of nitrogens with one attached hydrogen (secondary N) is 2. The molecule has 0 aliphatic carbocycles.